The molecular weight excluding hydrogens is 452 g/mol. The van der Waals surface area contributed by atoms with Crippen molar-refractivity contribution in [2.75, 3.05) is 50.3 Å². The molecule has 3 aromatic rings. The molecule has 0 saturated carbocycles. The van der Waals surface area contributed by atoms with Crippen LogP contribution in [-0.4, -0.2) is 61.1 Å². The van der Waals surface area contributed by atoms with Crippen molar-refractivity contribution in [2.24, 2.45) is 0 Å². The van der Waals surface area contributed by atoms with E-state index in [0.717, 1.165) is 48.8 Å². The van der Waals surface area contributed by atoms with Crippen LogP contribution in [0.25, 0.3) is 11.3 Å². The minimum Gasteiger partial charge on any atom is -0.493 e. The summed E-state index contributed by atoms with van der Waals surface area (Å²) in [7, 11) is 3.16. The van der Waals surface area contributed by atoms with Crippen LogP contribution in [-0.2, 0) is 0 Å². The third-order valence-corrected chi connectivity index (χ3v) is 5.99. The summed E-state index contributed by atoms with van der Waals surface area (Å²) in [5, 5.41) is 6.77. The van der Waals surface area contributed by atoms with Crippen LogP contribution in [0, 0.1) is 0 Å². The number of aromatic nitrogens is 3. The van der Waals surface area contributed by atoms with Crippen LogP contribution in [0.1, 0.15) is 13.3 Å². The van der Waals surface area contributed by atoms with Crippen molar-refractivity contribution in [1.29, 1.82) is 0 Å². The molecule has 3 heterocycles. The average molecular weight is 483 g/mol. The minimum atomic E-state index is 0.455. The molecule has 1 unspecified atom stereocenters. The zero-order chi connectivity index (χ0) is 23.9. The lowest BCUT2D eigenvalue weighted by Crippen LogP contribution is -2.50. The quantitative estimate of drug-likeness (QED) is 0.433. The number of ether oxygens (including phenoxy) is 2. The lowest BCUT2D eigenvalue weighted by Gasteiger charge is -2.34. The van der Waals surface area contributed by atoms with Crippen LogP contribution in [0.2, 0.25) is 0 Å². The highest BCUT2D eigenvalue weighted by molar-refractivity contribution is 7.94. The van der Waals surface area contributed by atoms with Crippen LogP contribution in [0.15, 0.2) is 42.7 Å². The van der Waals surface area contributed by atoms with Gasteiger partial charge in [-0.3, -0.25) is 0 Å². The molecule has 10 heteroatoms. The Morgan fingerprint density at radius 1 is 1.15 bits per heavy atom. The van der Waals surface area contributed by atoms with E-state index in [9.17, 15) is 0 Å². The normalized spacial score (nSPS) is 15.6. The fraction of sp³-hybridized carbons (Fsp3) is 0.375. The zero-order valence-corrected chi connectivity index (χ0v) is 20.7. The molecule has 34 heavy (non-hydrogen) atoms. The van der Waals surface area contributed by atoms with Gasteiger partial charge in [-0.1, -0.05) is 6.92 Å². The molecule has 0 bridgehead atoms. The molecule has 4 rings (SSSR count). The summed E-state index contributed by atoms with van der Waals surface area (Å²) in [5.74, 6) is 3.06. The van der Waals surface area contributed by atoms with E-state index < -0.39 is 0 Å². The van der Waals surface area contributed by atoms with Crippen molar-refractivity contribution in [1.82, 2.24) is 20.3 Å². The van der Waals surface area contributed by atoms with Crippen molar-refractivity contribution in [2.45, 2.75) is 19.4 Å². The molecule has 180 valence electrons. The second-order valence-electron chi connectivity index (χ2n) is 7.76. The molecule has 1 saturated heterocycles. The van der Waals surface area contributed by atoms with Crippen LogP contribution in [0.5, 0.6) is 17.2 Å². The molecule has 1 fully saturated rings. The lowest BCUT2D eigenvalue weighted by molar-refractivity contribution is 0.346. The maximum Gasteiger partial charge on any atom is 0.227 e. The van der Waals surface area contributed by atoms with Gasteiger partial charge < -0.3 is 29.2 Å². The largest absolute Gasteiger partial charge is 0.493 e. The third kappa shape index (κ3) is 5.45. The molecule has 1 aliphatic rings. The van der Waals surface area contributed by atoms with Gasteiger partial charge in [-0.05, 0) is 24.6 Å². The Hall–Kier alpha value is -3.24. The lowest BCUT2D eigenvalue weighted by atomic mass is 10.1. The standard InChI is InChI=1S/C24H30N6O3S/c1-5-17-15-30(11-10-25-17)22-7-6-16(14-27-22)19-8-9-26-24(29-19)28-18-12-20(31-2)23(32-3)21(13-18)33-34-4/h6-9,12-14,17,25H,5,10-11,15H2,1-4H3,(H,26,28,29). The zero-order valence-electron chi connectivity index (χ0n) is 19.9. The molecule has 0 aliphatic carbocycles. The van der Waals surface area contributed by atoms with Gasteiger partial charge in [0.2, 0.25) is 11.7 Å². The van der Waals surface area contributed by atoms with E-state index in [-0.39, 0.29) is 0 Å². The van der Waals surface area contributed by atoms with Crippen molar-refractivity contribution in [3.63, 3.8) is 0 Å². The molecule has 0 amide bonds. The van der Waals surface area contributed by atoms with Crippen molar-refractivity contribution in [3.8, 4) is 28.5 Å². The number of methoxy groups -OCH3 is 2. The maximum atomic E-state index is 5.63. The van der Waals surface area contributed by atoms with E-state index in [1.807, 2.05) is 30.7 Å². The molecule has 9 nitrogen and oxygen atoms in total. The highest BCUT2D eigenvalue weighted by atomic mass is 32.2. The molecule has 2 N–H and O–H groups in total. The topological polar surface area (TPSA) is 93.7 Å². The van der Waals surface area contributed by atoms with E-state index in [4.69, 9.17) is 18.6 Å². The van der Waals surface area contributed by atoms with E-state index >= 15 is 0 Å². The fourth-order valence-electron chi connectivity index (χ4n) is 3.89. The second kappa shape index (κ2) is 11.3. The Morgan fingerprint density at radius 3 is 2.71 bits per heavy atom. The highest BCUT2D eigenvalue weighted by Gasteiger charge is 2.19. The van der Waals surface area contributed by atoms with Gasteiger partial charge in [-0.25, -0.2) is 15.0 Å². The number of rotatable bonds is 9. The summed E-state index contributed by atoms with van der Waals surface area (Å²) >= 11 is 1.22. The van der Waals surface area contributed by atoms with Crippen molar-refractivity contribution in [3.05, 3.63) is 42.7 Å². The number of nitrogens with one attached hydrogen (secondary N) is 2. The Balaban J connectivity index is 1.53. The van der Waals surface area contributed by atoms with Gasteiger partial charge in [0.05, 0.1) is 32.0 Å². The van der Waals surface area contributed by atoms with Crippen molar-refractivity contribution >= 4 is 29.5 Å². The van der Waals surface area contributed by atoms with Gasteiger partial charge in [0, 0.05) is 67.7 Å². The van der Waals surface area contributed by atoms with Crippen LogP contribution < -0.4 is 29.2 Å². The molecule has 2 aromatic heterocycles. The average Bonchev–Trinajstić information content (AvgIpc) is 2.89. The molecule has 0 radical (unpaired) electrons. The number of anilines is 3. The van der Waals surface area contributed by atoms with E-state index in [1.165, 1.54) is 12.0 Å². The molecule has 1 atom stereocenters. The predicted octanol–water partition coefficient (Wildman–Crippen LogP) is 4.14. The second-order valence-corrected chi connectivity index (χ2v) is 8.26. The molecule has 1 aromatic carbocycles. The first-order valence-corrected chi connectivity index (χ1v) is 12.3. The monoisotopic (exact) mass is 482 g/mol. The first-order valence-electron chi connectivity index (χ1n) is 11.2. The number of piperazine rings is 1. The number of hydrogen-bond donors (Lipinski definition) is 2. The third-order valence-electron chi connectivity index (χ3n) is 5.65. The van der Waals surface area contributed by atoms with Gasteiger partial charge in [0.15, 0.2) is 11.5 Å². The van der Waals surface area contributed by atoms with Crippen LogP contribution in [0.4, 0.5) is 17.5 Å². The summed E-state index contributed by atoms with van der Waals surface area (Å²) in [4.78, 5) is 16.1. The number of pyridine rings is 1. The summed E-state index contributed by atoms with van der Waals surface area (Å²) < 4.78 is 16.5. The van der Waals surface area contributed by atoms with Gasteiger partial charge >= 0.3 is 0 Å². The predicted molar refractivity (Wildman–Crippen MR) is 137 cm³/mol. The smallest absolute Gasteiger partial charge is 0.227 e. The van der Waals surface area contributed by atoms with Crippen LogP contribution >= 0.6 is 12.0 Å². The van der Waals surface area contributed by atoms with Crippen molar-refractivity contribution < 1.29 is 13.7 Å². The Morgan fingerprint density at radius 2 is 2.00 bits per heavy atom. The number of nitrogens with zero attached hydrogens (tertiary/aromatic N) is 4. The Bertz CT molecular complexity index is 1100. The summed E-state index contributed by atoms with van der Waals surface area (Å²) in [6.45, 7) is 5.11. The summed E-state index contributed by atoms with van der Waals surface area (Å²) in [6, 6.07) is 10.1. The Kier molecular flexibility index (Phi) is 7.91. The fourth-order valence-corrected chi connectivity index (χ4v) is 4.20. The van der Waals surface area contributed by atoms with E-state index in [1.54, 1.807) is 20.4 Å². The highest BCUT2D eigenvalue weighted by Crippen LogP contribution is 2.41. The van der Waals surface area contributed by atoms with Crippen LogP contribution in [0.3, 0.4) is 0 Å². The first-order chi connectivity index (χ1) is 16.6. The first kappa shape index (κ1) is 23.9. The van der Waals surface area contributed by atoms with Gasteiger partial charge in [0.1, 0.15) is 5.82 Å². The SMILES string of the molecule is CCC1CN(c2ccc(-c3ccnc(Nc4cc(OC)c(OC)c(OSC)c4)n3)cn2)CCN1. The maximum absolute atomic E-state index is 5.63. The van der Waals surface area contributed by atoms with Gasteiger partial charge in [-0.15, -0.1) is 0 Å². The van der Waals surface area contributed by atoms with Gasteiger partial charge in [-0.2, -0.15) is 0 Å². The Labute approximate surface area is 204 Å². The molecule has 0 spiro atoms. The number of hydrogen-bond acceptors (Lipinski definition) is 10. The summed E-state index contributed by atoms with van der Waals surface area (Å²) in [5.41, 5.74) is 2.43. The minimum absolute atomic E-state index is 0.455. The number of benzene rings is 1. The molecule has 1 aliphatic heterocycles. The molecular formula is C24H30N6O3S. The summed E-state index contributed by atoms with van der Waals surface area (Å²) in [6.07, 6.45) is 6.53. The van der Waals surface area contributed by atoms with Gasteiger partial charge in [0.25, 0.3) is 0 Å². The van der Waals surface area contributed by atoms with E-state index in [0.29, 0.717) is 29.2 Å². The van der Waals surface area contributed by atoms with E-state index in [2.05, 4.69) is 44.6 Å².